The van der Waals surface area contributed by atoms with E-state index in [1.54, 1.807) is 0 Å². The summed E-state index contributed by atoms with van der Waals surface area (Å²) in [6, 6.07) is 0. The van der Waals surface area contributed by atoms with E-state index in [4.69, 9.17) is 4.74 Å². The normalized spacial score (nSPS) is 12.7. The number of nitrogens with zero attached hydrogens (tertiary/aromatic N) is 2. The summed E-state index contributed by atoms with van der Waals surface area (Å²) in [4.78, 5) is 16.8. The van der Waals surface area contributed by atoms with E-state index in [1.807, 2.05) is 20.8 Å². The van der Waals surface area contributed by atoms with Gasteiger partial charge in [-0.05, 0) is 40.0 Å². The van der Waals surface area contributed by atoms with Crippen LogP contribution in [0.15, 0.2) is 5.16 Å². The van der Waals surface area contributed by atoms with Crippen LogP contribution in [0.25, 0.3) is 0 Å². The molecular formula is C17H31N3O2S. The Morgan fingerprint density at radius 3 is 2.65 bits per heavy atom. The van der Waals surface area contributed by atoms with Crippen LogP contribution in [0.5, 0.6) is 0 Å². The maximum absolute atomic E-state index is 12.2. The first-order chi connectivity index (χ1) is 10.9. The zero-order chi connectivity index (χ0) is 17.4. The largest absolute Gasteiger partial charge is 0.382 e. The standard InChI is InChI=1S/C17H31N3O2S/c1-7-22-10-8-9-18-16(21)15(6)23-17-19-13(4)14(5)20(17)11-12(2)3/h12,15H,7-11H2,1-6H3,(H,18,21). The van der Waals surface area contributed by atoms with Crippen molar-refractivity contribution >= 4 is 17.7 Å². The van der Waals surface area contributed by atoms with Gasteiger partial charge in [-0.25, -0.2) is 4.98 Å². The van der Waals surface area contributed by atoms with Crippen LogP contribution in [0.3, 0.4) is 0 Å². The third-order valence-electron chi connectivity index (χ3n) is 3.59. The predicted molar refractivity (Wildman–Crippen MR) is 96.0 cm³/mol. The highest BCUT2D eigenvalue weighted by Gasteiger charge is 2.19. The maximum Gasteiger partial charge on any atom is 0.233 e. The van der Waals surface area contributed by atoms with Gasteiger partial charge in [-0.1, -0.05) is 25.6 Å². The summed E-state index contributed by atoms with van der Waals surface area (Å²) in [6.45, 7) is 15.4. The maximum atomic E-state index is 12.2. The number of thioether (sulfide) groups is 1. The minimum absolute atomic E-state index is 0.0564. The number of aromatic nitrogens is 2. The summed E-state index contributed by atoms with van der Waals surface area (Å²) in [6.07, 6.45) is 0.844. The van der Waals surface area contributed by atoms with E-state index < -0.39 is 0 Å². The molecule has 0 spiro atoms. The summed E-state index contributed by atoms with van der Waals surface area (Å²) >= 11 is 1.53. The smallest absolute Gasteiger partial charge is 0.233 e. The molecule has 23 heavy (non-hydrogen) atoms. The van der Waals surface area contributed by atoms with Crippen LogP contribution in [0.4, 0.5) is 0 Å². The van der Waals surface area contributed by atoms with Crippen molar-refractivity contribution in [3.63, 3.8) is 0 Å². The van der Waals surface area contributed by atoms with Crippen molar-refractivity contribution in [2.75, 3.05) is 19.8 Å². The minimum atomic E-state index is -0.158. The second-order valence-corrected chi connectivity index (χ2v) is 7.48. The Kier molecular flexibility index (Phi) is 8.69. The fourth-order valence-electron chi connectivity index (χ4n) is 2.18. The van der Waals surface area contributed by atoms with Crippen LogP contribution in [0, 0.1) is 19.8 Å². The Bertz CT molecular complexity index is 500. The number of carbonyl (C=O) groups excluding carboxylic acids is 1. The molecule has 1 atom stereocenters. The molecule has 1 unspecified atom stereocenters. The van der Waals surface area contributed by atoms with Gasteiger partial charge in [0, 0.05) is 32.0 Å². The monoisotopic (exact) mass is 341 g/mol. The molecule has 0 aromatic carbocycles. The third kappa shape index (κ3) is 6.55. The van der Waals surface area contributed by atoms with E-state index in [0.717, 1.165) is 30.4 Å². The van der Waals surface area contributed by atoms with Gasteiger partial charge in [-0.15, -0.1) is 0 Å². The molecule has 0 bridgehead atoms. The first-order valence-electron chi connectivity index (χ1n) is 8.42. The fraction of sp³-hybridized carbons (Fsp3) is 0.765. The average Bonchev–Trinajstić information content (AvgIpc) is 2.74. The Morgan fingerprint density at radius 1 is 1.35 bits per heavy atom. The van der Waals surface area contributed by atoms with Crippen LogP contribution in [0.2, 0.25) is 0 Å². The number of imidazole rings is 1. The molecule has 0 aliphatic rings. The van der Waals surface area contributed by atoms with Crippen molar-refractivity contribution < 1.29 is 9.53 Å². The summed E-state index contributed by atoms with van der Waals surface area (Å²) < 4.78 is 7.50. The number of carbonyl (C=O) groups is 1. The Balaban J connectivity index is 2.57. The molecular weight excluding hydrogens is 310 g/mol. The summed E-state index contributed by atoms with van der Waals surface area (Å²) in [5, 5.41) is 3.74. The molecule has 0 saturated heterocycles. The topological polar surface area (TPSA) is 56.1 Å². The van der Waals surface area contributed by atoms with Gasteiger partial charge >= 0.3 is 0 Å². The Hall–Kier alpha value is -1.01. The van der Waals surface area contributed by atoms with Gasteiger partial charge in [0.2, 0.25) is 5.91 Å². The Morgan fingerprint density at radius 2 is 2.04 bits per heavy atom. The average molecular weight is 342 g/mol. The van der Waals surface area contributed by atoms with Crippen molar-refractivity contribution in [2.24, 2.45) is 5.92 Å². The van der Waals surface area contributed by atoms with E-state index in [2.05, 4.69) is 35.6 Å². The van der Waals surface area contributed by atoms with Crippen LogP contribution < -0.4 is 5.32 Å². The van der Waals surface area contributed by atoms with E-state index in [9.17, 15) is 4.79 Å². The molecule has 1 heterocycles. The van der Waals surface area contributed by atoms with E-state index >= 15 is 0 Å². The van der Waals surface area contributed by atoms with Crippen LogP contribution >= 0.6 is 11.8 Å². The quantitative estimate of drug-likeness (QED) is 0.524. The molecule has 1 rings (SSSR count). The summed E-state index contributed by atoms with van der Waals surface area (Å²) in [7, 11) is 0. The molecule has 0 aliphatic carbocycles. The summed E-state index contributed by atoms with van der Waals surface area (Å²) in [5.74, 6) is 0.602. The highest BCUT2D eigenvalue weighted by molar-refractivity contribution is 8.00. The van der Waals surface area contributed by atoms with Gasteiger partial charge in [-0.3, -0.25) is 4.79 Å². The van der Waals surface area contributed by atoms with Crippen molar-refractivity contribution in [3.8, 4) is 0 Å². The number of amides is 1. The van der Waals surface area contributed by atoms with Crippen molar-refractivity contribution in [1.29, 1.82) is 0 Å². The van der Waals surface area contributed by atoms with E-state index in [1.165, 1.54) is 17.5 Å². The lowest BCUT2D eigenvalue weighted by Gasteiger charge is -2.15. The molecule has 1 amide bonds. The van der Waals surface area contributed by atoms with Crippen molar-refractivity contribution in [1.82, 2.24) is 14.9 Å². The molecule has 6 heteroatoms. The third-order valence-corrected chi connectivity index (χ3v) is 4.68. The SMILES string of the molecule is CCOCCCNC(=O)C(C)Sc1nc(C)c(C)n1CC(C)C. The van der Waals surface area contributed by atoms with Gasteiger partial charge in [0.25, 0.3) is 0 Å². The fourth-order valence-corrected chi connectivity index (χ4v) is 3.21. The molecule has 0 saturated carbocycles. The number of hydrogen-bond acceptors (Lipinski definition) is 4. The second kappa shape index (κ2) is 9.98. The van der Waals surface area contributed by atoms with Gasteiger partial charge in [0.15, 0.2) is 5.16 Å². The molecule has 0 aliphatic heterocycles. The highest BCUT2D eigenvalue weighted by Crippen LogP contribution is 2.26. The highest BCUT2D eigenvalue weighted by atomic mass is 32.2. The van der Waals surface area contributed by atoms with Crippen LogP contribution in [0.1, 0.15) is 45.5 Å². The molecule has 132 valence electrons. The molecule has 1 aromatic rings. The number of aryl methyl sites for hydroxylation is 1. The summed E-state index contributed by atoms with van der Waals surface area (Å²) in [5.41, 5.74) is 2.22. The molecule has 1 aromatic heterocycles. The zero-order valence-electron chi connectivity index (χ0n) is 15.3. The van der Waals surface area contributed by atoms with Gasteiger partial charge in [0.05, 0.1) is 10.9 Å². The number of hydrogen-bond donors (Lipinski definition) is 1. The second-order valence-electron chi connectivity index (χ2n) is 6.17. The zero-order valence-corrected chi connectivity index (χ0v) is 16.1. The molecule has 0 radical (unpaired) electrons. The molecule has 0 fully saturated rings. The van der Waals surface area contributed by atoms with Crippen LogP contribution in [-0.4, -0.2) is 40.5 Å². The lowest BCUT2D eigenvalue weighted by atomic mass is 10.2. The lowest BCUT2D eigenvalue weighted by Crippen LogP contribution is -2.32. The first kappa shape index (κ1) is 20.0. The van der Waals surface area contributed by atoms with Crippen molar-refractivity contribution in [3.05, 3.63) is 11.4 Å². The minimum Gasteiger partial charge on any atom is -0.382 e. The first-order valence-corrected chi connectivity index (χ1v) is 9.30. The van der Waals surface area contributed by atoms with Gasteiger partial charge < -0.3 is 14.6 Å². The number of rotatable bonds is 10. The molecule has 5 nitrogen and oxygen atoms in total. The van der Waals surface area contributed by atoms with Gasteiger partial charge in [0.1, 0.15) is 0 Å². The van der Waals surface area contributed by atoms with E-state index in [0.29, 0.717) is 19.1 Å². The Labute approximate surface area is 144 Å². The van der Waals surface area contributed by atoms with E-state index in [-0.39, 0.29) is 11.2 Å². The van der Waals surface area contributed by atoms with Crippen LogP contribution in [-0.2, 0) is 16.1 Å². The van der Waals surface area contributed by atoms with Crippen molar-refractivity contribution in [2.45, 2.75) is 64.9 Å². The number of ether oxygens (including phenoxy) is 1. The molecule has 1 N–H and O–H groups in total. The predicted octanol–water partition coefficient (Wildman–Crippen LogP) is 3.18. The lowest BCUT2D eigenvalue weighted by molar-refractivity contribution is -0.120. The van der Waals surface area contributed by atoms with Gasteiger partial charge in [-0.2, -0.15) is 0 Å². The number of nitrogens with one attached hydrogen (secondary N) is 1.